The van der Waals surface area contributed by atoms with E-state index in [0.717, 1.165) is 18.4 Å². The summed E-state index contributed by atoms with van der Waals surface area (Å²) in [6, 6.07) is 5.92. The van der Waals surface area contributed by atoms with Gasteiger partial charge < -0.3 is 20.5 Å². The average molecular weight is 533 g/mol. The molecule has 1 atom stereocenters. The molecule has 2 amide bonds. The molecule has 1 aromatic rings. The Hall–Kier alpha value is -2.24. The minimum absolute atomic E-state index is 0.165. The number of unbranched alkanes of at least 4 members (excludes halogenated alkanes) is 15. The second-order valence-electron chi connectivity index (χ2n) is 11.7. The summed E-state index contributed by atoms with van der Waals surface area (Å²) in [4.78, 5) is 25.1. The summed E-state index contributed by atoms with van der Waals surface area (Å²) >= 11 is 0. The number of benzene rings is 1. The zero-order chi connectivity index (χ0) is 28.1. The summed E-state index contributed by atoms with van der Waals surface area (Å²) in [7, 11) is 0. The number of aromatic hydroxyl groups is 1. The maximum Gasteiger partial charge on any atom is 0.408 e. The highest BCUT2D eigenvalue weighted by Gasteiger charge is 2.24. The summed E-state index contributed by atoms with van der Waals surface area (Å²) < 4.78 is 5.34. The number of hydrogen-bond acceptors (Lipinski definition) is 4. The van der Waals surface area contributed by atoms with E-state index < -0.39 is 17.7 Å². The monoisotopic (exact) mass is 532 g/mol. The fraction of sp³-hybridized carbons (Fsp3) is 0.750. The standard InChI is InChI=1S/C32H56N2O4/c1-5-6-7-8-9-10-11-12-13-14-15-16-17-18-19-20-25-33-30(36)29(34-31(37)38-32(2,3)4)26-27-21-23-28(35)24-22-27/h21-24,29,35H,5-20,25-26H2,1-4H3,(H,33,36)(H,34,37)/t29-/m0/s1. The van der Waals surface area contributed by atoms with E-state index in [1.54, 1.807) is 45.0 Å². The molecular weight excluding hydrogens is 476 g/mol. The Morgan fingerprint density at radius 3 is 1.66 bits per heavy atom. The van der Waals surface area contributed by atoms with Gasteiger partial charge in [0, 0.05) is 13.0 Å². The molecule has 0 saturated carbocycles. The molecule has 38 heavy (non-hydrogen) atoms. The van der Waals surface area contributed by atoms with Crippen LogP contribution >= 0.6 is 0 Å². The van der Waals surface area contributed by atoms with Crippen LogP contribution in [0, 0.1) is 0 Å². The number of carbonyl (C=O) groups excluding carboxylic acids is 2. The molecule has 0 aliphatic heterocycles. The lowest BCUT2D eigenvalue weighted by atomic mass is 10.0. The number of amides is 2. The van der Waals surface area contributed by atoms with Crippen LogP contribution in [0.2, 0.25) is 0 Å². The number of ether oxygens (including phenoxy) is 1. The smallest absolute Gasteiger partial charge is 0.408 e. The summed E-state index contributed by atoms with van der Waals surface area (Å²) in [5, 5.41) is 15.2. The lowest BCUT2D eigenvalue weighted by molar-refractivity contribution is -0.123. The highest BCUT2D eigenvalue weighted by molar-refractivity contribution is 5.86. The molecule has 0 aliphatic carbocycles. The minimum atomic E-state index is -0.740. The van der Waals surface area contributed by atoms with Crippen LogP contribution in [0.4, 0.5) is 4.79 Å². The Morgan fingerprint density at radius 2 is 1.21 bits per heavy atom. The largest absolute Gasteiger partial charge is 0.508 e. The molecular formula is C32H56N2O4. The molecule has 0 heterocycles. The first kappa shape index (κ1) is 33.8. The minimum Gasteiger partial charge on any atom is -0.508 e. The molecule has 0 saturated heterocycles. The number of rotatable bonds is 21. The number of phenols is 1. The molecule has 0 radical (unpaired) electrons. The van der Waals surface area contributed by atoms with Gasteiger partial charge in [-0.25, -0.2) is 4.79 Å². The first-order valence-electron chi connectivity index (χ1n) is 15.3. The molecule has 0 aliphatic rings. The number of hydrogen-bond donors (Lipinski definition) is 3. The summed E-state index contributed by atoms with van der Waals surface area (Å²) in [5.41, 5.74) is 0.207. The van der Waals surface area contributed by atoms with Gasteiger partial charge >= 0.3 is 6.09 Å². The van der Waals surface area contributed by atoms with Crippen molar-refractivity contribution in [2.75, 3.05) is 6.54 Å². The zero-order valence-electron chi connectivity index (χ0n) is 24.8. The Balaban J connectivity index is 2.16. The van der Waals surface area contributed by atoms with Gasteiger partial charge in [0.1, 0.15) is 17.4 Å². The van der Waals surface area contributed by atoms with Crippen molar-refractivity contribution in [1.82, 2.24) is 10.6 Å². The molecule has 0 spiro atoms. The van der Waals surface area contributed by atoms with Gasteiger partial charge in [0.15, 0.2) is 0 Å². The molecule has 0 unspecified atom stereocenters. The fourth-order valence-corrected chi connectivity index (χ4v) is 4.53. The first-order chi connectivity index (χ1) is 18.2. The molecule has 6 heteroatoms. The van der Waals surface area contributed by atoms with E-state index in [-0.39, 0.29) is 11.7 Å². The van der Waals surface area contributed by atoms with Gasteiger partial charge in [0.2, 0.25) is 5.91 Å². The van der Waals surface area contributed by atoms with Gasteiger partial charge in [-0.3, -0.25) is 4.79 Å². The van der Waals surface area contributed by atoms with E-state index >= 15 is 0 Å². The quantitative estimate of drug-likeness (QED) is 0.139. The van der Waals surface area contributed by atoms with E-state index in [1.807, 2.05) is 0 Å². The lowest BCUT2D eigenvalue weighted by Gasteiger charge is -2.23. The van der Waals surface area contributed by atoms with Crippen LogP contribution in [0.15, 0.2) is 24.3 Å². The molecule has 0 aromatic heterocycles. The molecule has 1 aromatic carbocycles. The maximum atomic E-state index is 12.8. The van der Waals surface area contributed by atoms with Crippen molar-refractivity contribution in [2.24, 2.45) is 0 Å². The van der Waals surface area contributed by atoms with Gasteiger partial charge in [-0.1, -0.05) is 115 Å². The molecule has 1 rings (SSSR count). The van der Waals surface area contributed by atoms with Crippen molar-refractivity contribution in [3.05, 3.63) is 29.8 Å². The van der Waals surface area contributed by atoms with Crippen LogP contribution in [-0.2, 0) is 16.0 Å². The number of carbonyl (C=O) groups is 2. The van der Waals surface area contributed by atoms with Gasteiger partial charge in [-0.15, -0.1) is 0 Å². The third-order valence-electron chi connectivity index (χ3n) is 6.71. The van der Waals surface area contributed by atoms with E-state index in [9.17, 15) is 14.7 Å². The Bertz CT molecular complexity index is 743. The predicted octanol–water partition coefficient (Wildman–Crippen LogP) is 8.21. The van der Waals surface area contributed by atoms with Crippen LogP contribution in [0.25, 0.3) is 0 Å². The Morgan fingerprint density at radius 1 is 0.763 bits per heavy atom. The Kier molecular flexibility index (Phi) is 18.4. The van der Waals surface area contributed by atoms with Crippen molar-refractivity contribution < 1.29 is 19.4 Å². The predicted molar refractivity (Wildman–Crippen MR) is 158 cm³/mol. The van der Waals surface area contributed by atoms with Crippen LogP contribution in [0.5, 0.6) is 5.75 Å². The van der Waals surface area contributed by atoms with Gasteiger partial charge in [-0.05, 0) is 44.9 Å². The molecule has 218 valence electrons. The zero-order valence-corrected chi connectivity index (χ0v) is 24.8. The summed E-state index contributed by atoms with van der Waals surface area (Å²) in [6.07, 6.45) is 20.8. The van der Waals surface area contributed by atoms with Crippen molar-refractivity contribution in [3.8, 4) is 5.75 Å². The normalized spacial score (nSPS) is 12.2. The van der Waals surface area contributed by atoms with Gasteiger partial charge in [0.25, 0.3) is 0 Å². The Labute approximate surface area is 232 Å². The highest BCUT2D eigenvalue weighted by atomic mass is 16.6. The lowest BCUT2D eigenvalue weighted by Crippen LogP contribution is -2.49. The average Bonchev–Trinajstić information content (AvgIpc) is 2.85. The van der Waals surface area contributed by atoms with Gasteiger partial charge in [0.05, 0.1) is 0 Å². The second kappa shape index (κ2) is 20.7. The fourth-order valence-electron chi connectivity index (χ4n) is 4.53. The molecule has 0 fully saturated rings. The number of alkyl carbamates (subject to hydrolysis) is 1. The number of nitrogens with one attached hydrogen (secondary N) is 2. The highest BCUT2D eigenvalue weighted by Crippen LogP contribution is 2.15. The van der Waals surface area contributed by atoms with E-state index in [4.69, 9.17) is 4.74 Å². The van der Waals surface area contributed by atoms with Crippen molar-refractivity contribution in [3.63, 3.8) is 0 Å². The maximum absolute atomic E-state index is 12.8. The summed E-state index contributed by atoms with van der Waals surface area (Å²) in [6.45, 7) is 8.24. The third-order valence-corrected chi connectivity index (χ3v) is 6.71. The SMILES string of the molecule is CCCCCCCCCCCCCCCCCCNC(=O)[C@H](Cc1ccc(O)cc1)NC(=O)OC(C)(C)C. The second-order valence-corrected chi connectivity index (χ2v) is 11.7. The van der Waals surface area contributed by atoms with Crippen LogP contribution in [0.1, 0.15) is 136 Å². The van der Waals surface area contributed by atoms with Crippen LogP contribution in [0.3, 0.4) is 0 Å². The van der Waals surface area contributed by atoms with Gasteiger partial charge in [-0.2, -0.15) is 0 Å². The van der Waals surface area contributed by atoms with E-state index in [2.05, 4.69) is 17.6 Å². The van der Waals surface area contributed by atoms with Crippen molar-refractivity contribution in [2.45, 2.75) is 148 Å². The van der Waals surface area contributed by atoms with E-state index in [0.29, 0.717) is 13.0 Å². The van der Waals surface area contributed by atoms with Crippen LogP contribution in [-0.4, -0.2) is 35.3 Å². The van der Waals surface area contributed by atoms with E-state index in [1.165, 1.54) is 89.9 Å². The molecule has 0 bridgehead atoms. The molecule has 3 N–H and O–H groups in total. The number of phenolic OH excluding ortho intramolecular Hbond substituents is 1. The first-order valence-corrected chi connectivity index (χ1v) is 15.3. The topological polar surface area (TPSA) is 87.7 Å². The van der Waals surface area contributed by atoms with Crippen molar-refractivity contribution in [1.29, 1.82) is 0 Å². The third kappa shape index (κ3) is 18.9. The van der Waals surface area contributed by atoms with Crippen molar-refractivity contribution >= 4 is 12.0 Å². The summed E-state index contributed by atoms with van der Waals surface area (Å²) in [5.74, 6) is -0.0526. The van der Waals surface area contributed by atoms with Crippen LogP contribution < -0.4 is 10.6 Å². The molecule has 6 nitrogen and oxygen atoms in total.